The Morgan fingerprint density at radius 1 is 1.00 bits per heavy atom. The number of hydrogen-bond donors (Lipinski definition) is 0. The molecule has 1 heteroatoms. The zero-order chi connectivity index (χ0) is 5.91. The predicted molar refractivity (Wildman–Crippen MR) is 39.9 cm³/mol. The van der Waals surface area contributed by atoms with E-state index < -0.39 is 0 Å². The minimum absolute atomic E-state index is 0. The lowest BCUT2D eigenvalue weighted by atomic mass is 10.5. The molecule has 0 fully saturated rings. The zero-order valence-electron chi connectivity index (χ0n) is 5.86. The van der Waals surface area contributed by atoms with Crippen LogP contribution in [0.15, 0.2) is 0 Å². The highest BCUT2D eigenvalue weighted by molar-refractivity contribution is 4.17. The smallest absolute Gasteiger partial charge is 0.0753 e. The minimum Gasteiger partial charge on any atom is -0.329 e. The van der Waals surface area contributed by atoms with E-state index in [0.29, 0.717) is 0 Å². The van der Waals surface area contributed by atoms with Gasteiger partial charge in [0, 0.05) is 0 Å². The van der Waals surface area contributed by atoms with E-state index in [2.05, 4.69) is 27.9 Å². The number of rotatable bonds is 2. The fourth-order valence-corrected chi connectivity index (χ4v) is 0.224. The molecule has 0 spiro atoms. The first-order chi connectivity index (χ1) is 3.12. The van der Waals surface area contributed by atoms with Gasteiger partial charge in [-0.3, -0.25) is 0 Å². The van der Waals surface area contributed by atoms with Crippen molar-refractivity contribution in [3.63, 3.8) is 0 Å². The maximum atomic E-state index is 2.24. The molecular formula is C7H20N+. The van der Waals surface area contributed by atoms with E-state index in [4.69, 9.17) is 0 Å². The summed E-state index contributed by atoms with van der Waals surface area (Å²) < 4.78 is 1.14. The SMILES string of the molecule is C.CC[N+](C)(C)CC. The first-order valence-electron chi connectivity index (χ1n) is 2.94. The van der Waals surface area contributed by atoms with Crippen molar-refractivity contribution in [3.05, 3.63) is 0 Å². The molecule has 52 valence electrons. The molecule has 0 atom stereocenters. The first kappa shape index (κ1) is 10.9. The third-order valence-corrected chi connectivity index (χ3v) is 1.71. The van der Waals surface area contributed by atoms with Crippen molar-refractivity contribution >= 4 is 0 Å². The molecule has 0 radical (unpaired) electrons. The summed E-state index contributed by atoms with van der Waals surface area (Å²) in [7, 11) is 4.47. The van der Waals surface area contributed by atoms with Crippen molar-refractivity contribution in [3.8, 4) is 0 Å². The van der Waals surface area contributed by atoms with Gasteiger partial charge in [0.15, 0.2) is 0 Å². The Labute approximate surface area is 53.9 Å². The Hall–Kier alpha value is -0.0400. The quantitative estimate of drug-likeness (QED) is 0.484. The molecule has 0 aliphatic carbocycles. The van der Waals surface area contributed by atoms with Gasteiger partial charge in [0.1, 0.15) is 0 Å². The van der Waals surface area contributed by atoms with E-state index in [1.54, 1.807) is 0 Å². The summed E-state index contributed by atoms with van der Waals surface area (Å²) in [6.07, 6.45) is 0. The van der Waals surface area contributed by atoms with Gasteiger partial charge < -0.3 is 4.48 Å². The third kappa shape index (κ3) is 4.13. The van der Waals surface area contributed by atoms with E-state index in [1.807, 2.05) is 0 Å². The number of quaternary nitrogens is 1. The molecular weight excluding hydrogens is 98.1 g/mol. The maximum Gasteiger partial charge on any atom is 0.0753 e. The minimum atomic E-state index is 0. The van der Waals surface area contributed by atoms with Crippen molar-refractivity contribution < 1.29 is 4.48 Å². The summed E-state index contributed by atoms with van der Waals surface area (Å²) in [6, 6.07) is 0. The van der Waals surface area contributed by atoms with Crippen LogP contribution in [-0.4, -0.2) is 31.7 Å². The molecule has 8 heavy (non-hydrogen) atoms. The maximum absolute atomic E-state index is 2.24. The Morgan fingerprint density at radius 2 is 1.25 bits per heavy atom. The molecule has 0 unspecified atom stereocenters. The fraction of sp³-hybridized carbons (Fsp3) is 1.00. The summed E-state index contributed by atoms with van der Waals surface area (Å²) in [4.78, 5) is 0. The molecule has 0 aromatic rings. The van der Waals surface area contributed by atoms with E-state index in [9.17, 15) is 0 Å². The van der Waals surface area contributed by atoms with E-state index in [1.165, 1.54) is 13.1 Å². The first-order valence-corrected chi connectivity index (χ1v) is 2.94. The molecule has 0 saturated heterocycles. The van der Waals surface area contributed by atoms with Gasteiger partial charge in [-0.1, -0.05) is 7.43 Å². The van der Waals surface area contributed by atoms with Crippen LogP contribution in [0.3, 0.4) is 0 Å². The molecule has 0 aromatic heterocycles. The Balaban J connectivity index is 0. The lowest BCUT2D eigenvalue weighted by molar-refractivity contribution is -0.886. The summed E-state index contributed by atoms with van der Waals surface area (Å²) in [5, 5.41) is 0. The molecule has 0 amide bonds. The van der Waals surface area contributed by atoms with Crippen LogP contribution < -0.4 is 0 Å². The molecule has 0 aromatic carbocycles. The van der Waals surface area contributed by atoms with Crippen molar-refractivity contribution in [2.75, 3.05) is 27.2 Å². The van der Waals surface area contributed by atoms with Crippen LogP contribution in [0.2, 0.25) is 0 Å². The normalized spacial score (nSPS) is 10.5. The molecule has 0 aliphatic rings. The van der Waals surface area contributed by atoms with Crippen LogP contribution in [0.25, 0.3) is 0 Å². The Kier molecular flexibility index (Phi) is 5.29. The highest BCUT2D eigenvalue weighted by Gasteiger charge is 2.04. The molecule has 0 N–H and O–H groups in total. The fourth-order valence-electron chi connectivity index (χ4n) is 0.224. The average molecular weight is 118 g/mol. The highest BCUT2D eigenvalue weighted by Crippen LogP contribution is 1.91. The molecule has 0 rings (SSSR count). The summed E-state index contributed by atoms with van der Waals surface area (Å²) in [5.41, 5.74) is 0. The van der Waals surface area contributed by atoms with Gasteiger partial charge >= 0.3 is 0 Å². The number of nitrogens with zero attached hydrogens (tertiary/aromatic N) is 1. The summed E-state index contributed by atoms with van der Waals surface area (Å²) >= 11 is 0. The van der Waals surface area contributed by atoms with Crippen molar-refractivity contribution in [1.29, 1.82) is 0 Å². The second-order valence-electron chi connectivity index (χ2n) is 2.57. The van der Waals surface area contributed by atoms with Gasteiger partial charge in [-0.15, -0.1) is 0 Å². The zero-order valence-corrected chi connectivity index (χ0v) is 5.86. The van der Waals surface area contributed by atoms with E-state index >= 15 is 0 Å². The Morgan fingerprint density at radius 3 is 1.25 bits per heavy atom. The van der Waals surface area contributed by atoms with Crippen LogP contribution in [0.4, 0.5) is 0 Å². The number of hydrogen-bond acceptors (Lipinski definition) is 0. The van der Waals surface area contributed by atoms with Gasteiger partial charge in [0.25, 0.3) is 0 Å². The lowest BCUT2D eigenvalue weighted by Gasteiger charge is -2.25. The van der Waals surface area contributed by atoms with Crippen molar-refractivity contribution in [1.82, 2.24) is 0 Å². The van der Waals surface area contributed by atoms with Crippen LogP contribution in [-0.2, 0) is 0 Å². The summed E-state index contributed by atoms with van der Waals surface area (Å²) in [6.45, 7) is 6.89. The largest absolute Gasteiger partial charge is 0.329 e. The second kappa shape index (κ2) is 3.90. The van der Waals surface area contributed by atoms with Crippen LogP contribution in [0, 0.1) is 0 Å². The molecule has 1 nitrogen and oxygen atoms in total. The second-order valence-corrected chi connectivity index (χ2v) is 2.57. The summed E-state index contributed by atoms with van der Waals surface area (Å²) in [5.74, 6) is 0. The molecule has 0 bridgehead atoms. The predicted octanol–water partition coefficient (Wildman–Crippen LogP) is 1.74. The van der Waals surface area contributed by atoms with Crippen LogP contribution in [0.5, 0.6) is 0 Å². The van der Waals surface area contributed by atoms with Gasteiger partial charge in [-0.05, 0) is 13.8 Å². The monoisotopic (exact) mass is 118 g/mol. The van der Waals surface area contributed by atoms with Crippen molar-refractivity contribution in [2.45, 2.75) is 21.3 Å². The van der Waals surface area contributed by atoms with E-state index in [0.717, 1.165) is 4.48 Å². The molecule has 0 aliphatic heterocycles. The lowest BCUT2D eigenvalue weighted by Crippen LogP contribution is -2.38. The van der Waals surface area contributed by atoms with Gasteiger partial charge in [-0.25, -0.2) is 0 Å². The van der Waals surface area contributed by atoms with Gasteiger partial charge in [-0.2, -0.15) is 0 Å². The van der Waals surface area contributed by atoms with Crippen molar-refractivity contribution in [2.24, 2.45) is 0 Å². The highest BCUT2D eigenvalue weighted by atomic mass is 15.3. The Bertz CT molecular complexity index is 42.3. The topological polar surface area (TPSA) is 0 Å². The van der Waals surface area contributed by atoms with Crippen LogP contribution in [0.1, 0.15) is 21.3 Å². The third-order valence-electron chi connectivity index (χ3n) is 1.71. The average Bonchev–Trinajstić information content (AvgIpc) is 1.68. The van der Waals surface area contributed by atoms with E-state index in [-0.39, 0.29) is 7.43 Å². The van der Waals surface area contributed by atoms with Gasteiger partial charge in [0.05, 0.1) is 27.2 Å². The standard InChI is InChI=1S/C6H16N.CH4/c1-5-7(3,4)6-2;/h5-6H2,1-4H3;1H4/q+1;. The molecule has 0 saturated carbocycles. The molecule has 0 heterocycles. The van der Waals surface area contributed by atoms with Crippen LogP contribution >= 0.6 is 0 Å². The van der Waals surface area contributed by atoms with Gasteiger partial charge in [0.2, 0.25) is 0 Å².